The summed E-state index contributed by atoms with van der Waals surface area (Å²) < 4.78 is 0. The summed E-state index contributed by atoms with van der Waals surface area (Å²) in [6.45, 7) is 9.23. The summed E-state index contributed by atoms with van der Waals surface area (Å²) in [5.74, 6) is 0. The second-order valence-corrected chi connectivity index (χ2v) is 13.2. The lowest BCUT2D eigenvalue weighted by atomic mass is 10.2. The lowest BCUT2D eigenvalue weighted by molar-refractivity contribution is 1.26. The Morgan fingerprint density at radius 2 is 1.84 bits per heavy atom. The first-order valence-electron chi connectivity index (χ1n) is 6.83. The summed E-state index contributed by atoms with van der Waals surface area (Å²) in [6, 6.07) is 8.40. The van der Waals surface area contributed by atoms with Crippen LogP contribution in [0.25, 0.3) is 0 Å². The Labute approximate surface area is 119 Å². The first kappa shape index (κ1) is 14.1. The highest BCUT2D eigenvalue weighted by molar-refractivity contribution is 6.95. The highest BCUT2D eigenvalue weighted by Gasteiger charge is 2.25. The molecule has 0 N–H and O–H groups in total. The van der Waals surface area contributed by atoms with Crippen molar-refractivity contribution in [2.75, 3.05) is 0 Å². The van der Waals surface area contributed by atoms with Gasteiger partial charge in [0.2, 0.25) is 0 Å². The van der Waals surface area contributed by atoms with Gasteiger partial charge in [0.15, 0.2) is 0 Å². The van der Waals surface area contributed by atoms with Crippen LogP contribution >= 0.6 is 0 Å². The van der Waals surface area contributed by atoms with Crippen LogP contribution in [0.3, 0.4) is 0 Å². The monoisotopic (exact) mass is 286 g/mol. The van der Waals surface area contributed by atoms with Crippen molar-refractivity contribution in [2.24, 2.45) is 0 Å². The molecular formula is C15H22N2Si2. The van der Waals surface area contributed by atoms with Gasteiger partial charge in [-0.25, -0.2) is 0 Å². The molecule has 0 bridgehead atoms. The molecule has 0 unspecified atom stereocenters. The van der Waals surface area contributed by atoms with Crippen molar-refractivity contribution in [3.8, 4) is 0 Å². The van der Waals surface area contributed by atoms with Crippen molar-refractivity contribution >= 4 is 28.2 Å². The van der Waals surface area contributed by atoms with Crippen LogP contribution < -0.4 is 10.6 Å². The molecule has 0 atom stereocenters. The topological polar surface area (TPSA) is 25.8 Å². The maximum Gasteiger partial charge on any atom is 0.102 e. The third kappa shape index (κ3) is 3.39. The number of hydrogen-bond acceptors (Lipinski definition) is 2. The summed E-state index contributed by atoms with van der Waals surface area (Å²) >= 11 is 0. The van der Waals surface area contributed by atoms with Crippen LogP contribution in [-0.4, -0.2) is 27.6 Å². The average molecular weight is 287 g/mol. The molecular weight excluding hydrogens is 264 g/mol. The smallest absolute Gasteiger partial charge is 0.102 e. The highest BCUT2D eigenvalue weighted by atomic mass is 28.4. The molecule has 0 aromatic carbocycles. The van der Waals surface area contributed by atoms with Gasteiger partial charge in [-0.15, -0.1) is 0 Å². The molecule has 0 spiro atoms. The van der Waals surface area contributed by atoms with Crippen LogP contribution in [0.2, 0.25) is 18.8 Å². The van der Waals surface area contributed by atoms with Crippen LogP contribution in [0.4, 0.5) is 0 Å². The Hall–Kier alpha value is -1.27. The molecule has 2 heterocycles. The predicted octanol–water partition coefficient (Wildman–Crippen LogP) is 1.46. The van der Waals surface area contributed by atoms with Crippen LogP contribution in [0, 0.1) is 13.8 Å². The van der Waals surface area contributed by atoms with Gasteiger partial charge in [0.1, 0.15) is 8.07 Å². The Morgan fingerprint density at radius 1 is 1.05 bits per heavy atom. The zero-order chi connectivity index (χ0) is 13.9. The number of hydrogen-bond donors (Lipinski definition) is 0. The summed E-state index contributed by atoms with van der Waals surface area (Å²) in [6.07, 6.45) is 3.88. The van der Waals surface area contributed by atoms with E-state index in [0.29, 0.717) is 0 Å². The van der Waals surface area contributed by atoms with Crippen LogP contribution in [0.5, 0.6) is 0 Å². The number of rotatable bonds is 4. The quantitative estimate of drug-likeness (QED) is 0.795. The van der Waals surface area contributed by atoms with Gasteiger partial charge >= 0.3 is 0 Å². The lowest BCUT2D eigenvalue weighted by Gasteiger charge is -2.21. The van der Waals surface area contributed by atoms with Gasteiger partial charge in [-0.3, -0.25) is 9.97 Å². The van der Waals surface area contributed by atoms with E-state index in [0.717, 1.165) is 0 Å². The van der Waals surface area contributed by atoms with Crippen molar-refractivity contribution in [3.05, 3.63) is 47.8 Å². The first-order chi connectivity index (χ1) is 9.00. The Bertz CT molecular complexity index is 553. The van der Waals surface area contributed by atoms with E-state index in [-0.39, 0.29) is 9.52 Å². The first-order valence-corrected chi connectivity index (χ1v) is 11.7. The van der Waals surface area contributed by atoms with Crippen molar-refractivity contribution in [1.29, 1.82) is 0 Å². The zero-order valence-corrected chi connectivity index (χ0v) is 14.7. The summed E-state index contributed by atoms with van der Waals surface area (Å²) in [7, 11) is -1.69. The maximum atomic E-state index is 4.60. The Morgan fingerprint density at radius 3 is 2.53 bits per heavy atom. The lowest BCUT2D eigenvalue weighted by Crippen LogP contribution is -2.46. The van der Waals surface area contributed by atoms with E-state index in [1.54, 1.807) is 0 Å². The van der Waals surface area contributed by atoms with Gasteiger partial charge in [0.05, 0.1) is 9.52 Å². The minimum absolute atomic E-state index is 0.299. The summed E-state index contributed by atoms with van der Waals surface area (Å²) in [5, 5.41) is 2.71. The molecule has 2 aromatic rings. The maximum absolute atomic E-state index is 4.60. The number of nitrogens with zero attached hydrogens (tertiary/aromatic N) is 2. The fourth-order valence-corrected chi connectivity index (χ4v) is 8.59. The Kier molecular flexibility index (Phi) is 4.32. The molecule has 0 saturated heterocycles. The molecule has 19 heavy (non-hydrogen) atoms. The molecule has 2 aromatic heterocycles. The molecule has 2 rings (SSSR count). The van der Waals surface area contributed by atoms with Gasteiger partial charge in [-0.05, 0) is 43.2 Å². The van der Waals surface area contributed by atoms with Crippen LogP contribution in [0.15, 0.2) is 36.7 Å². The van der Waals surface area contributed by atoms with E-state index < -0.39 is 8.07 Å². The van der Waals surface area contributed by atoms with Gasteiger partial charge in [0, 0.05) is 23.0 Å². The molecule has 0 radical (unpaired) electrons. The van der Waals surface area contributed by atoms with Gasteiger partial charge in [-0.1, -0.05) is 24.8 Å². The van der Waals surface area contributed by atoms with Crippen molar-refractivity contribution < 1.29 is 0 Å². The summed E-state index contributed by atoms with van der Waals surface area (Å²) in [4.78, 5) is 9.17. The average Bonchev–Trinajstić information content (AvgIpc) is 2.41. The van der Waals surface area contributed by atoms with Gasteiger partial charge < -0.3 is 0 Å². The highest BCUT2D eigenvalue weighted by Crippen LogP contribution is 2.08. The van der Waals surface area contributed by atoms with Crippen molar-refractivity contribution in [3.63, 3.8) is 0 Å². The molecule has 0 aliphatic carbocycles. The van der Waals surface area contributed by atoms with E-state index in [9.17, 15) is 0 Å². The van der Waals surface area contributed by atoms with E-state index in [2.05, 4.69) is 55.1 Å². The third-order valence-electron chi connectivity index (χ3n) is 3.92. The molecule has 2 nitrogen and oxygen atoms in total. The fraction of sp³-hybridized carbons (Fsp3) is 0.333. The van der Waals surface area contributed by atoms with Gasteiger partial charge in [0.25, 0.3) is 0 Å². The van der Waals surface area contributed by atoms with E-state index in [4.69, 9.17) is 0 Å². The number of aromatic nitrogens is 2. The Balaban J connectivity index is 2.12. The van der Waals surface area contributed by atoms with Gasteiger partial charge in [-0.2, -0.15) is 0 Å². The normalized spacial score (nSPS) is 12.2. The SMILES string of the molecule is Cc1ccnc([SiH2]C[Si](C)(C)c2ccccn2)c1C. The third-order valence-corrected chi connectivity index (χ3v) is 12.8. The van der Waals surface area contributed by atoms with Crippen LogP contribution in [-0.2, 0) is 0 Å². The van der Waals surface area contributed by atoms with Crippen LogP contribution in [0.1, 0.15) is 11.1 Å². The second-order valence-electron chi connectivity index (χ2n) is 5.80. The molecule has 0 amide bonds. The summed E-state index contributed by atoms with van der Waals surface area (Å²) in [5.41, 5.74) is 4.11. The predicted molar refractivity (Wildman–Crippen MR) is 88.0 cm³/mol. The molecule has 100 valence electrons. The van der Waals surface area contributed by atoms with Crippen molar-refractivity contribution in [1.82, 2.24) is 9.97 Å². The minimum Gasteiger partial charge on any atom is -0.267 e. The molecule has 0 fully saturated rings. The van der Waals surface area contributed by atoms with E-state index in [1.807, 2.05) is 18.5 Å². The number of pyridine rings is 2. The standard InChI is InChI=1S/C15H22N2Si2/c1-12-8-10-17-15(13(12)2)18-11-19(3,4)14-7-5-6-9-16-14/h5-10H,11,18H2,1-4H3. The van der Waals surface area contributed by atoms with E-state index >= 15 is 0 Å². The van der Waals surface area contributed by atoms with Crippen molar-refractivity contribution in [2.45, 2.75) is 32.6 Å². The minimum atomic E-state index is -1.39. The van der Waals surface area contributed by atoms with E-state index in [1.165, 1.54) is 27.4 Å². The molecule has 0 aliphatic heterocycles. The molecule has 0 saturated carbocycles. The molecule has 0 aliphatic rings. The molecule has 4 heteroatoms. The largest absolute Gasteiger partial charge is 0.267 e. The fourth-order valence-electron chi connectivity index (χ4n) is 2.26. The second kappa shape index (κ2) is 5.80. The number of aryl methyl sites for hydroxylation is 1. The zero-order valence-electron chi connectivity index (χ0n) is 12.3.